The molecule has 0 aromatic heterocycles. The maximum Gasteiger partial charge on any atom is 0.306 e. The highest BCUT2D eigenvalue weighted by atomic mass is 16.5. The van der Waals surface area contributed by atoms with E-state index < -0.39 is 11.4 Å². The fourth-order valence-electron chi connectivity index (χ4n) is 13.9. The van der Waals surface area contributed by atoms with Crippen molar-refractivity contribution in [2.75, 3.05) is 0 Å². The second kappa shape index (κ2) is 13.0. The Labute approximate surface area is 308 Å². The number of hydrogen-bond donors (Lipinski definition) is 2. The summed E-state index contributed by atoms with van der Waals surface area (Å²) in [6.45, 7) is 25.6. The summed E-state index contributed by atoms with van der Waals surface area (Å²) >= 11 is 0. The third-order valence-corrected chi connectivity index (χ3v) is 16.7. The molecule has 1 aromatic carbocycles. The minimum atomic E-state index is -0.886. The molecular weight excluding hydrogens is 634 g/mol. The standard InChI is InChI=1S/C45H67NO5/c1-28(2)31-17-22-45(39(50)46-27-30-14-12-11-13-29(30)3)24-23-43(9)32(38(31)45)15-16-34-42(8)20-19-35(41(6,7)33(42)18-21-44(34,43)10)51-37(49)26-40(4,5)25-36(47)48/h11-14,31-35,38H,1,15-27H2,2-10H3,(H,46,50)(H,47,48)/t31-,32+,33-,34+,35-,38+,42-,43+,44+,45-/m0/s1. The van der Waals surface area contributed by atoms with Crippen molar-refractivity contribution < 1.29 is 24.2 Å². The predicted octanol–water partition coefficient (Wildman–Crippen LogP) is 10.1. The molecule has 5 aliphatic carbocycles. The zero-order valence-corrected chi connectivity index (χ0v) is 33.3. The maximum atomic E-state index is 14.5. The van der Waals surface area contributed by atoms with E-state index in [9.17, 15) is 19.5 Å². The molecule has 0 heterocycles. The molecule has 0 aliphatic heterocycles. The molecule has 0 saturated heterocycles. The summed E-state index contributed by atoms with van der Waals surface area (Å²) in [6.07, 6.45) is 10.5. The van der Waals surface area contributed by atoms with Crippen molar-refractivity contribution in [1.29, 1.82) is 0 Å². The number of hydrogen-bond acceptors (Lipinski definition) is 4. The topological polar surface area (TPSA) is 92.7 Å². The van der Waals surface area contributed by atoms with Crippen molar-refractivity contribution >= 4 is 17.8 Å². The van der Waals surface area contributed by atoms with E-state index >= 15 is 0 Å². The lowest BCUT2D eigenvalue weighted by Crippen LogP contribution is -2.67. The number of carbonyl (C=O) groups excluding carboxylic acids is 2. The predicted molar refractivity (Wildman–Crippen MR) is 203 cm³/mol. The van der Waals surface area contributed by atoms with Gasteiger partial charge in [0.05, 0.1) is 18.3 Å². The zero-order chi connectivity index (χ0) is 37.4. The van der Waals surface area contributed by atoms with Crippen LogP contribution in [0.5, 0.6) is 0 Å². The Bertz CT molecular complexity index is 1560. The van der Waals surface area contributed by atoms with E-state index in [1.54, 1.807) is 0 Å². The summed E-state index contributed by atoms with van der Waals surface area (Å²) in [5.74, 6) is 1.32. The van der Waals surface area contributed by atoms with Gasteiger partial charge in [-0.2, -0.15) is 0 Å². The normalized spacial score (nSPS) is 39.8. The van der Waals surface area contributed by atoms with Crippen LogP contribution >= 0.6 is 0 Å². The van der Waals surface area contributed by atoms with Gasteiger partial charge >= 0.3 is 11.9 Å². The summed E-state index contributed by atoms with van der Waals surface area (Å²) in [7, 11) is 0. The number of aryl methyl sites for hydroxylation is 1. The summed E-state index contributed by atoms with van der Waals surface area (Å²) in [5, 5.41) is 12.8. The number of carbonyl (C=O) groups is 3. The summed E-state index contributed by atoms with van der Waals surface area (Å²) in [6, 6.07) is 8.39. The lowest BCUT2D eigenvalue weighted by molar-refractivity contribution is -0.249. The molecule has 1 amide bonds. The Kier molecular flexibility index (Phi) is 9.75. The van der Waals surface area contributed by atoms with Crippen molar-refractivity contribution in [2.24, 2.45) is 62.1 Å². The largest absolute Gasteiger partial charge is 0.481 e. The van der Waals surface area contributed by atoms with E-state index in [-0.39, 0.29) is 57.9 Å². The number of benzene rings is 1. The van der Waals surface area contributed by atoms with Gasteiger partial charge in [0.1, 0.15) is 6.10 Å². The molecule has 0 bridgehead atoms. The van der Waals surface area contributed by atoms with Crippen molar-refractivity contribution in [1.82, 2.24) is 5.32 Å². The lowest BCUT2D eigenvalue weighted by atomic mass is 9.32. The van der Waals surface area contributed by atoms with E-state index in [0.717, 1.165) is 57.8 Å². The highest BCUT2D eigenvalue weighted by molar-refractivity contribution is 5.84. The highest BCUT2D eigenvalue weighted by Gasteiger charge is 2.72. The van der Waals surface area contributed by atoms with Crippen LogP contribution in [0.25, 0.3) is 0 Å². The minimum absolute atomic E-state index is 0.0516. The molecule has 6 rings (SSSR count). The number of esters is 1. The molecular formula is C45H67NO5. The van der Waals surface area contributed by atoms with Gasteiger partial charge in [-0.15, -0.1) is 0 Å². The smallest absolute Gasteiger partial charge is 0.306 e. The van der Waals surface area contributed by atoms with Crippen LogP contribution in [0.3, 0.4) is 0 Å². The summed E-state index contributed by atoms with van der Waals surface area (Å²) in [4.78, 5) is 39.2. The third kappa shape index (κ3) is 6.11. The Balaban J connectivity index is 1.24. The molecule has 5 aliphatic rings. The molecule has 51 heavy (non-hydrogen) atoms. The van der Waals surface area contributed by atoms with Gasteiger partial charge in [-0.1, -0.05) is 84.9 Å². The number of ether oxygens (including phenoxy) is 1. The Morgan fingerprint density at radius 1 is 0.882 bits per heavy atom. The van der Waals surface area contributed by atoms with Gasteiger partial charge in [-0.25, -0.2) is 0 Å². The fourth-order valence-corrected chi connectivity index (χ4v) is 13.9. The van der Waals surface area contributed by atoms with Gasteiger partial charge in [0, 0.05) is 12.0 Å². The molecule has 6 heteroatoms. The minimum Gasteiger partial charge on any atom is -0.481 e. The van der Waals surface area contributed by atoms with Gasteiger partial charge in [-0.05, 0) is 140 Å². The van der Waals surface area contributed by atoms with Crippen LogP contribution in [0, 0.1) is 69.0 Å². The number of carboxylic acid groups (broad SMARTS) is 1. The van der Waals surface area contributed by atoms with E-state index in [4.69, 9.17) is 4.74 Å². The molecule has 1 aromatic rings. The zero-order valence-electron chi connectivity index (χ0n) is 33.3. The van der Waals surface area contributed by atoms with Crippen LogP contribution in [-0.4, -0.2) is 29.1 Å². The van der Waals surface area contributed by atoms with Crippen LogP contribution in [-0.2, 0) is 25.7 Å². The number of fused-ring (bicyclic) bond motifs is 7. The van der Waals surface area contributed by atoms with Gasteiger partial charge in [-0.3, -0.25) is 14.4 Å². The summed E-state index contributed by atoms with van der Waals surface area (Å²) in [5.41, 5.74) is 2.96. The number of aliphatic carboxylic acids is 1. The first-order chi connectivity index (χ1) is 23.7. The van der Waals surface area contributed by atoms with E-state index in [1.807, 2.05) is 13.8 Å². The van der Waals surface area contributed by atoms with Crippen LogP contribution in [0.1, 0.15) is 144 Å². The number of amides is 1. The molecule has 282 valence electrons. The molecule has 5 saturated carbocycles. The van der Waals surface area contributed by atoms with Crippen LogP contribution in [0.4, 0.5) is 0 Å². The van der Waals surface area contributed by atoms with Gasteiger partial charge in [0.2, 0.25) is 5.91 Å². The van der Waals surface area contributed by atoms with Gasteiger partial charge < -0.3 is 15.2 Å². The first kappa shape index (κ1) is 38.1. The van der Waals surface area contributed by atoms with Crippen molar-refractivity contribution in [3.8, 4) is 0 Å². The maximum absolute atomic E-state index is 14.5. The molecule has 10 atom stereocenters. The van der Waals surface area contributed by atoms with Gasteiger partial charge in [0.25, 0.3) is 0 Å². The Morgan fingerprint density at radius 2 is 1.59 bits per heavy atom. The molecule has 0 radical (unpaired) electrons. The van der Waals surface area contributed by atoms with Crippen molar-refractivity contribution in [3.63, 3.8) is 0 Å². The highest BCUT2D eigenvalue weighted by Crippen LogP contribution is 2.77. The van der Waals surface area contributed by atoms with Crippen LogP contribution in [0.2, 0.25) is 0 Å². The lowest BCUT2D eigenvalue weighted by Gasteiger charge is -2.72. The number of allylic oxidation sites excluding steroid dienone is 1. The van der Waals surface area contributed by atoms with Crippen LogP contribution < -0.4 is 5.32 Å². The van der Waals surface area contributed by atoms with E-state index in [1.165, 1.54) is 23.1 Å². The Hall–Kier alpha value is -2.63. The SMILES string of the molecule is C=C(C)[C@@H]1CC[C@]2(C(=O)NCc3ccccc3C)CC[C@]3(C)[C@H](CC[C@@H]4[C@@]5(C)CC[C@H](OC(=O)CC(C)(C)CC(=O)O)C(C)(C)[C@@H]5CC[C@]43C)[C@@H]12. The monoisotopic (exact) mass is 702 g/mol. The Morgan fingerprint density at radius 3 is 2.25 bits per heavy atom. The number of nitrogens with one attached hydrogen (secondary N) is 1. The fraction of sp³-hybridized carbons (Fsp3) is 0.756. The van der Waals surface area contributed by atoms with Gasteiger partial charge in [0.15, 0.2) is 0 Å². The molecule has 6 nitrogen and oxygen atoms in total. The molecule has 5 fully saturated rings. The summed E-state index contributed by atoms with van der Waals surface area (Å²) < 4.78 is 6.28. The van der Waals surface area contributed by atoms with Crippen molar-refractivity contribution in [2.45, 2.75) is 152 Å². The second-order valence-corrected chi connectivity index (χ2v) is 20.2. The quantitative estimate of drug-likeness (QED) is 0.198. The first-order valence-electron chi connectivity index (χ1n) is 20.1. The average Bonchev–Trinajstić information content (AvgIpc) is 3.43. The molecule has 0 unspecified atom stereocenters. The third-order valence-electron chi connectivity index (χ3n) is 16.7. The van der Waals surface area contributed by atoms with Crippen LogP contribution in [0.15, 0.2) is 36.4 Å². The number of carboxylic acids is 1. The number of rotatable bonds is 9. The molecule has 0 spiro atoms. The first-order valence-corrected chi connectivity index (χ1v) is 20.1. The van der Waals surface area contributed by atoms with E-state index in [2.05, 4.69) is 84.6 Å². The van der Waals surface area contributed by atoms with E-state index in [0.29, 0.717) is 36.1 Å². The molecule has 2 N–H and O–H groups in total. The average molecular weight is 702 g/mol. The van der Waals surface area contributed by atoms with Crippen molar-refractivity contribution in [3.05, 3.63) is 47.5 Å². The second-order valence-electron chi connectivity index (χ2n) is 20.2.